The lowest BCUT2D eigenvalue weighted by molar-refractivity contribution is 0.417. The topological polar surface area (TPSA) is 119 Å². The number of aryl methyl sites for hydroxylation is 1. The Labute approximate surface area is 220 Å². The summed E-state index contributed by atoms with van der Waals surface area (Å²) in [6.45, 7) is 4.04. The smallest absolute Gasteiger partial charge is 0.229 e. The van der Waals surface area contributed by atoms with Gasteiger partial charge in [-0.15, -0.1) is 10.2 Å². The summed E-state index contributed by atoms with van der Waals surface area (Å²) in [5.74, 6) is 0.399. The Morgan fingerprint density at radius 2 is 1.86 bits per heavy atom. The highest BCUT2D eigenvalue weighted by molar-refractivity contribution is 7.92. The van der Waals surface area contributed by atoms with Gasteiger partial charge in [-0.3, -0.25) is 14.4 Å². The van der Waals surface area contributed by atoms with Gasteiger partial charge in [0.1, 0.15) is 18.4 Å². The molecule has 1 fully saturated rings. The van der Waals surface area contributed by atoms with Crippen LogP contribution in [0.5, 0.6) is 5.75 Å². The normalized spacial score (nSPS) is 17.6. The first kappa shape index (κ1) is 24.7. The number of aromatic nitrogens is 5. The minimum Gasteiger partial charge on any atom is -0.495 e. The number of sulfonamides is 1. The summed E-state index contributed by atoms with van der Waals surface area (Å²) in [7, 11) is -2.05. The van der Waals surface area contributed by atoms with Crippen LogP contribution in [0.1, 0.15) is 34.7 Å². The number of hydrogen-bond donors (Lipinski definition) is 2. The van der Waals surface area contributed by atoms with Crippen molar-refractivity contribution in [2.75, 3.05) is 23.0 Å². The molecule has 0 saturated carbocycles. The van der Waals surface area contributed by atoms with Crippen molar-refractivity contribution in [2.24, 2.45) is 0 Å². The van der Waals surface area contributed by atoms with Gasteiger partial charge in [0, 0.05) is 28.8 Å². The van der Waals surface area contributed by atoms with Crippen LogP contribution in [-0.2, 0) is 10.0 Å². The summed E-state index contributed by atoms with van der Waals surface area (Å²) < 4.78 is 35.9. The quantitative estimate of drug-likeness (QED) is 0.342. The number of anilines is 2. The van der Waals surface area contributed by atoms with E-state index < -0.39 is 10.0 Å². The van der Waals surface area contributed by atoms with Crippen LogP contribution in [0, 0.1) is 13.8 Å². The SMILES string of the molecule is COc1ccc(N2C(=S)N[C@H](c3ccccn3)[C@H]2c2cc(C)n(-n3cnnc3)c2C)cc1NS(C)(=O)=O. The molecule has 2 N–H and O–H groups in total. The summed E-state index contributed by atoms with van der Waals surface area (Å²) >= 11 is 5.84. The highest BCUT2D eigenvalue weighted by Gasteiger charge is 2.42. The van der Waals surface area contributed by atoms with E-state index in [4.69, 9.17) is 17.0 Å². The first-order valence-electron chi connectivity index (χ1n) is 11.4. The Morgan fingerprint density at radius 3 is 2.51 bits per heavy atom. The molecule has 5 rings (SSSR count). The van der Waals surface area contributed by atoms with Gasteiger partial charge in [-0.1, -0.05) is 6.07 Å². The van der Waals surface area contributed by atoms with Crippen molar-refractivity contribution in [1.29, 1.82) is 0 Å². The van der Waals surface area contributed by atoms with Crippen molar-refractivity contribution in [1.82, 2.24) is 29.9 Å². The van der Waals surface area contributed by atoms with Gasteiger partial charge in [0.15, 0.2) is 5.11 Å². The maximum Gasteiger partial charge on any atom is 0.229 e. The fourth-order valence-corrected chi connectivity index (χ4v) is 5.71. The van der Waals surface area contributed by atoms with Crippen LogP contribution in [0.3, 0.4) is 0 Å². The van der Waals surface area contributed by atoms with Crippen molar-refractivity contribution < 1.29 is 13.2 Å². The Hall–Kier alpha value is -3.97. The van der Waals surface area contributed by atoms with Gasteiger partial charge in [-0.25, -0.2) is 13.1 Å². The molecule has 2 atom stereocenters. The summed E-state index contributed by atoms with van der Waals surface area (Å²) in [5, 5.41) is 11.8. The molecule has 3 aromatic heterocycles. The monoisotopic (exact) mass is 538 g/mol. The highest BCUT2D eigenvalue weighted by atomic mass is 32.2. The Bertz CT molecular complexity index is 1550. The molecule has 1 aliphatic heterocycles. The third kappa shape index (κ3) is 4.62. The molecule has 37 heavy (non-hydrogen) atoms. The molecular weight excluding hydrogens is 512 g/mol. The first-order chi connectivity index (χ1) is 17.7. The van der Waals surface area contributed by atoms with Crippen LogP contribution >= 0.6 is 12.2 Å². The van der Waals surface area contributed by atoms with Crippen molar-refractivity contribution in [3.8, 4) is 5.75 Å². The Morgan fingerprint density at radius 1 is 1.11 bits per heavy atom. The number of methoxy groups -OCH3 is 1. The molecule has 4 aromatic rings. The zero-order valence-electron chi connectivity index (χ0n) is 20.7. The average molecular weight is 539 g/mol. The fourth-order valence-electron chi connectivity index (χ4n) is 4.81. The van der Waals surface area contributed by atoms with E-state index in [1.165, 1.54) is 7.11 Å². The van der Waals surface area contributed by atoms with Crippen molar-refractivity contribution >= 4 is 38.7 Å². The predicted molar refractivity (Wildman–Crippen MR) is 144 cm³/mol. The third-order valence-corrected chi connectivity index (χ3v) is 7.15. The number of rotatable bonds is 7. The van der Waals surface area contributed by atoms with Gasteiger partial charge >= 0.3 is 0 Å². The molecule has 0 bridgehead atoms. The van der Waals surface area contributed by atoms with E-state index in [1.807, 2.05) is 52.4 Å². The summed E-state index contributed by atoms with van der Waals surface area (Å²) in [6.07, 6.45) is 6.13. The second-order valence-electron chi connectivity index (χ2n) is 8.74. The molecule has 0 radical (unpaired) electrons. The standard InChI is InChI=1S/C24H26N8O3S2/c1-15-11-18(16(2)32(15)30-13-26-27-14-30)23-22(19-7-5-6-10-25-19)28-24(36)31(23)17-8-9-21(35-3)20(12-17)29-37(4,33)34/h5-14,22-23,29H,1-4H3,(H,28,36)/t22-,23-/m1/s1. The molecule has 192 valence electrons. The molecular formula is C24H26N8O3S2. The van der Waals surface area contributed by atoms with Crippen molar-refractivity contribution in [3.63, 3.8) is 0 Å². The number of nitrogens with one attached hydrogen (secondary N) is 2. The lowest BCUT2D eigenvalue weighted by Gasteiger charge is -2.29. The van der Waals surface area contributed by atoms with E-state index in [2.05, 4.69) is 31.3 Å². The Kier molecular flexibility index (Phi) is 6.33. The van der Waals surface area contributed by atoms with E-state index in [0.29, 0.717) is 22.2 Å². The van der Waals surface area contributed by atoms with Gasteiger partial charge < -0.3 is 15.0 Å². The molecule has 0 unspecified atom stereocenters. The largest absolute Gasteiger partial charge is 0.495 e. The molecule has 13 heteroatoms. The molecule has 1 aliphatic rings. The van der Waals surface area contributed by atoms with E-state index >= 15 is 0 Å². The second kappa shape index (κ2) is 9.48. The number of benzene rings is 1. The van der Waals surface area contributed by atoms with Crippen LogP contribution < -0.4 is 19.7 Å². The number of pyridine rings is 1. The van der Waals surface area contributed by atoms with Gasteiger partial charge in [-0.05, 0) is 62.5 Å². The molecule has 11 nitrogen and oxygen atoms in total. The lowest BCUT2D eigenvalue weighted by Crippen LogP contribution is -2.29. The second-order valence-corrected chi connectivity index (χ2v) is 10.9. The van der Waals surface area contributed by atoms with Gasteiger partial charge in [0.05, 0.1) is 36.8 Å². The zero-order chi connectivity index (χ0) is 26.3. The van der Waals surface area contributed by atoms with E-state index in [1.54, 1.807) is 31.0 Å². The van der Waals surface area contributed by atoms with E-state index in [9.17, 15) is 8.42 Å². The summed E-state index contributed by atoms with van der Waals surface area (Å²) in [4.78, 5) is 6.59. The van der Waals surface area contributed by atoms with Crippen molar-refractivity contribution in [3.05, 3.63) is 84.0 Å². The molecule has 0 spiro atoms. The summed E-state index contributed by atoms with van der Waals surface area (Å²) in [6, 6.07) is 12.6. The van der Waals surface area contributed by atoms with Crippen LogP contribution in [-0.4, -0.2) is 51.4 Å². The lowest BCUT2D eigenvalue weighted by atomic mass is 9.96. The number of hydrogen-bond acceptors (Lipinski definition) is 7. The number of ether oxygens (including phenoxy) is 1. The molecule has 1 saturated heterocycles. The predicted octanol–water partition coefficient (Wildman–Crippen LogP) is 2.96. The molecule has 0 aliphatic carbocycles. The van der Waals surface area contributed by atoms with Crippen molar-refractivity contribution in [2.45, 2.75) is 25.9 Å². The minimum absolute atomic E-state index is 0.267. The van der Waals surface area contributed by atoms with Crippen LogP contribution in [0.25, 0.3) is 0 Å². The zero-order valence-corrected chi connectivity index (χ0v) is 22.3. The van der Waals surface area contributed by atoms with E-state index in [-0.39, 0.29) is 12.1 Å². The number of thiocarbonyl (C=S) groups is 1. The maximum absolute atomic E-state index is 12.0. The van der Waals surface area contributed by atoms with Gasteiger partial charge in [-0.2, -0.15) is 0 Å². The fraction of sp³-hybridized carbons (Fsp3) is 0.250. The third-order valence-electron chi connectivity index (χ3n) is 6.24. The average Bonchev–Trinajstić information content (AvgIpc) is 3.56. The maximum atomic E-state index is 12.0. The minimum atomic E-state index is -3.54. The van der Waals surface area contributed by atoms with Gasteiger partial charge in [0.25, 0.3) is 0 Å². The number of nitrogens with zero attached hydrogens (tertiary/aromatic N) is 6. The molecule has 0 amide bonds. The van der Waals surface area contributed by atoms with Gasteiger partial charge in [0.2, 0.25) is 10.0 Å². The Balaban J connectivity index is 1.68. The van der Waals surface area contributed by atoms with Crippen LogP contribution in [0.2, 0.25) is 0 Å². The summed E-state index contributed by atoms with van der Waals surface area (Å²) in [5.41, 5.74) is 4.82. The van der Waals surface area contributed by atoms with Crippen LogP contribution in [0.15, 0.2) is 61.3 Å². The molecule has 1 aromatic carbocycles. The van der Waals surface area contributed by atoms with Crippen LogP contribution in [0.4, 0.5) is 11.4 Å². The first-order valence-corrected chi connectivity index (χ1v) is 13.7. The highest BCUT2D eigenvalue weighted by Crippen LogP contribution is 2.44. The molecule has 4 heterocycles. The van der Waals surface area contributed by atoms with E-state index in [0.717, 1.165) is 28.9 Å².